The molecule has 2 N–H and O–H groups in total. The van der Waals surface area contributed by atoms with Gasteiger partial charge in [-0.05, 0) is 36.2 Å². The molecule has 0 amide bonds. The van der Waals surface area contributed by atoms with Crippen molar-refractivity contribution in [2.45, 2.75) is 55.9 Å². The molecule has 2 aromatic rings. The van der Waals surface area contributed by atoms with E-state index in [0.29, 0.717) is 5.02 Å². The van der Waals surface area contributed by atoms with E-state index in [9.17, 15) is 13.5 Å². The van der Waals surface area contributed by atoms with Crippen LogP contribution in [0, 0.1) is 0 Å². The highest BCUT2D eigenvalue weighted by Gasteiger charge is 2.27. The average molecular weight is 410 g/mol. The molecule has 0 radical (unpaired) electrons. The molecule has 0 saturated carbocycles. The largest absolute Gasteiger partial charge is 0.395 e. The Labute approximate surface area is 167 Å². The van der Waals surface area contributed by atoms with E-state index in [1.165, 1.54) is 12.1 Å². The first-order chi connectivity index (χ1) is 13.0. The molecule has 6 heteroatoms. The summed E-state index contributed by atoms with van der Waals surface area (Å²) in [4.78, 5) is 0.142. The summed E-state index contributed by atoms with van der Waals surface area (Å²) in [6.45, 7) is 1.89. The van der Waals surface area contributed by atoms with E-state index in [4.69, 9.17) is 11.6 Å². The van der Waals surface area contributed by atoms with E-state index in [1.54, 1.807) is 12.1 Å². The second kappa shape index (κ2) is 10.8. The van der Waals surface area contributed by atoms with E-state index >= 15 is 0 Å². The van der Waals surface area contributed by atoms with Gasteiger partial charge in [-0.2, -0.15) is 0 Å². The summed E-state index contributed by atoms with van der Waals surface area (Å²) >= 11 is 5.85. The molecular weight excluding hydrogens is 382 g/mol. The number of nitrogens with one attached hydrogen (secondary N) is 1. The van der Waals surface area contributed by atoms with Gasteiger partial charge in [0.25, 0.3) is 0 Å². The van der Waals surface area contributed by atoms with E-state index < -0.39 is 16.1 Å². The zero-order valence-electron chi connectivity index (χ0n) is 15.6. The zero-order valence-corrected chi connectivity index (χ0v) is 17.2. The summed E-state index contributed by atoms with van der Waals surface area (Å²) in [5.41, 5.74) is 1.03. The average Bonchev–Trinajstić information content (AvgIpc) is 2.67. The van der Waals surface area contributed by atoms with Crippen LogP contribution in [0.25, 0.3) is 0 Å². The highest BCUT2D eigenvalue weighted by atomic mass is 35.5. The van der Waals surface area contributed by atoms with Gasteiger partial charge in [0.2, 0.25) is 10.0 Å². The van der Waals surface area contributed by atoms with Crippen molar-refractivity contribution in [3.05, 3.63) is 65.2 Å². The fourth-order valence-electron chi connectivity index (χ4n) is 3.22. The Kier molecular flexibility index (Phi) is 8.77. The van der Waals surface area contributed by atoms with Crippen LogP contribution in [0.3, 0.4) is 0 Å². The lowest BCUT2D eigenvalue weighted by atomic mass is 9.87. The van der Waals surface area contributed by atoms with Crippen LogP contribution in [0.1, 0.15) is 50.5 Å². The number of aliphatic hydroxyl groups excluding tert-OH is 1. The van der Waals surface area contributed by atoms with Crippen LogP contribution >= 0.6 is 11.6 Å². The van der Waals surface area contributed by atoms with Gasteiger partial charge in [-0.25, -0.2) is 13.1 Å². The van der Waals surface area contributed by atoms with Crippen LogP contribution < -0.4 is 4.72 Å². The quantitative estimate of drug-likeness (QED) is 0.527. The van der Waals surface area contributed by atoms with Gasteiger partial charge in [-0.15, -0.1) is 0 Å². The number of halogens is 1. The van der Waals surface area contributed by atoms with Crippen LogP contribution in [-0.2, 0) is 10.0 Å². The maximum absolute atomic E-state index is 12.8. The summed E-state index contributed by atoms with van der Waals surface area (Å²) < 4.78 is 28.2. The Bertz CT molecular complexity index is 779. The monoisotopic (exact) mass is 409 g/mol. The van der Waals surface area contributed by atoms with Crippen LogP contribution in [0.5, 0.6) is 0 Å². The molecular formula is C21H28ClNO3S. The molecule has 27 heavy (non-hydrogen) atoms. The summed E-state index contributed by atoms with van der Waals surface area (Å²) in [7, 11) is -3.75. The minimum atomic E-state index is -3.75. The van der Waals surface area contributed by atoms with Gasteiger partial charge < -0.3 is 5.11 Å². The third-order valence-corrected chi connectivity index (χ3v) is 6.47. The predicted molar refractivity (Wildman–Crippen MR) is 111 cm³/mol. The Morgan fingerprint density at radius 2 is 1.67 bits per heavy atom. The van der Waals surface area contributed by atoms with Gasteiger partial charge in [0.05, 0.1) is 17.5 Å². The third kappa shape index (κ3) is 6.61. The van der Waals surface area contributed by atoms with Crippen molar-refractivity contribution in [2.75, 3.05) is 6.61 Å². The van der Waals surface area contributed by atoms with Crippen molar-refractivity contribution in [1.82, 2.24) is 4.72 Å². The minimum Gasteiger partial charge on any atom is -0.395 e. The van der Waals surface area contributed by atoms with Crippen molar-refractivity contribution < 1.29 is 13.5 Å². The molecule has 2 atom stereocenters. The fraction of sp³-hybridized carbons (Fsp3) is 0.429. The predicted octanol–water partition coefficient (Wildman–Crippen LogP) is 4.73. The highest BCUT2D eigenvalue weighted by molar-refractivity contribution is 7.89. The molecule has 2 aromatic carbocycles. The SMILES string of the molecule is CCCCCC[C@@H](c1ccccc1)[C@@H](CO)NS(=O)(=O)c1ccc(Cl)cc1. The molecule has 2 rings (SSSR count). The molecule has 0 aromatic heterocycles. The normalized spacial score (nSPS) is 14.0. The number of hydrogen-bond donors (Lipinski definition) is 2. The Hall–Kier alpha value is -1.40. The number of hydrogen-bond acceptors (Lipinski definition) is 3. The highest BCUT2D eigenvalue weighted by Crippen LogP contribution is 2.27. The first-order valence-corrected chi connectivity index (χ1v) is 11.3. The van der Waals surface area contributed by atoms with Gasteiger partial charge in [0, 0.05) is 10.9 Å². The number of aliphatic hydroxyl groups is 1. The minimum absolute atomic E-state index is 0.0878. The van der Waals surface area contributed by atoms with Gasteiger partial charge in [-0.1, -0.05) is 74.5 Å². The van der Waals surface area contributed by atoms with Gasteiger partial charge in [0.15, 0.2) is 0 Å². The second-order valence-electron chi connectivity index (χ2n) is 6.73. The van der Waals surface area contributed by atoms with Crippen molar-refractivity contribution >= 4 is 21.6 Å². The Balaban J connectivity index is 2.21. The van der Waals surface area contributed by atoms with E-state index in [-0.39, 0.29) is 17.4 Å². The van der Waals surface area contributed by atoms with E-state index in [1.807, 2.05) is 30.3 Å². The molecule has 148 valence electrons. The lowest BCUT2D eigenvalue weighted by Crippen LogP contribution is -2.41. The standard InChI is InChI=1S/C21H28ClNO3S/c1-2-3-4-8-11-20(17-9-6-5-7-10-17)21(16-24)23-27(25,26)19-14-12-18(22)13-15-19/h5-7,9-10,12-15,20-21,23-24H,2-4,8,11,16H2,1H3/t20-,21+/m0/s1. The topological polar surface area (TPSA) is 66.4 Å². The van der Waals surface area contributed by atoms with Crippen LogP contribution in [0.4, 0.5) is 0 Å². The molecule has 0 aliphatic rings. The molecule has 0 unspecified atom stereocenters. The zero-order chi connectivity index (χ0) is 19.7. The van der Waals surface area contributed by atoms with Crippen molar-refractivity contribution in [2.24, 2.45) is 0 Å². The van der Waals surface area contributed by atoms with Crippen LogP contribution in [0.15, 0.2) is 59.5 Å². The van der Waals surface area contributed by atoms with Crippen LogP contribution in [-0.4, -0.2) is 26.2 Å². The second-order valence-corrected chi connectivity index (χ2v) is 8.88. The lowest BCUT2D eigenvalue weighted by molar-refractivity contribution is 0.233. The summed E-state index contributed by atoms with van der Waals surface area (Å²) in [6.07, 6.45) is 5.21. The van der Waals surface area contributed by atoms with E-state index in [0.717, 1.165) is 37.7 Å². The number of benzene rings is 2. The number of sulfonamides is 1. The summed E-state index contributed by atoms with van der Waals surface area (Å²) in [5, 5.41) is 10.4. The molecule has 0 bridgehead atoms. The molecule has 0 aliphatic heterocycles. The maximum atomic E-state index is 12.8. The van der Waals surface area contributed by atoms with Crippen LogP contribution in [0.2, 0.25) is 5.02 Å². The fourth-order valence-corrected chi connectivity index (χ4v) is 4.61. The first-order valence-electron chi connectivity index (χ1n) is 9.41. The third-order valence-electron chi connectivity index (χ3n) is 4.71. The van der Waals surface area contributed by atoms with Crippen molar-refractivity contribution in [1.29, 1.82) is 0 Å². The van der Waals surface area contributed by atoms with Gasteiger partial charge in [-0.3, -0.25) is 0 Å². The Morgan fingerprint density at radius 3 is 2.26 bits per heavy atom. The smallest absolute Gasteiger partial charge is 0.240 e. The van der Waals surface area contributed by atoms with E-state index in [2.05, 4.69) is 11.6 Å². The molecule has 4 nitrogen and oxygen atoms in total. The van der Waals surface area contributed by atoms with Crippen molar-refractivity contribution in [3.8, 4) is 0 Å². The molecule has 0 saturated heterocycles. The number of rotatable bonds is 11. The Morgan fingerprint density at radius 1 is 1.00 bits per heavy atom. The summed E-state index contributed by atoms with van der Waals surface area (Å²) in [6, 6.07) is 15.2. The first kappa shape index (κ1) is 21.9. The molecule has 0 heterocycles. The molecule has 0 aliphatic carbocycles. The van der Waals surface area contributed by atoms with Crippen molar-refractivity contribution in [3.63, 3.8) is 0 Å². The number of unbranched alkanes of at least 4 members (excludes halogenated alkanes) is 3. The summed E-state index contributed by atoms with van der Waals surface area (Å²) in [5.74, 6) is -0.0878. The molecule has 0 spiro atoms. The molecule has 0 fully saturated rings. The van der Waals surface area contributed by atoms with Gasteiger partial charge >= 0.3 is 0 Å². The maximum Gasteiger partial charge on any atom is 0.240 e. The van der Waals surface area contributed by atoms with Gasteiger partial charge in [0.1, 0.15) is 0 Å². The lowest BCUT2D eigenvalue weighted by Gasteiger charge is -2.27.